The molecule has 0 aromatic heterocycles. The van der Waals surface area contributed by atoms with Crippen molar-refractivity contribution < 1.29 is 19.4 Å². The monoisotopic (exact) mass is 544 g/mol. The van der Waals surface area contributed by atoms with E-state index in [1.165, 1.54) is 70.6 Å². The van der Waals surface area contributed by atoms with Gasteiger partial charge in [0.1, 0.15) is 6.10 Å². The van der Waals surface area contributed by atoms with Gasteiger partial charge < -0.3 is 14.6 Å². The van der Waals surface area contributed by atoms with Crippen molar-refractivity contribution in [3.05, 3.63) is 12.2 Å². The van der Waals surface area contributed by atoms with Gasteiger partial charge in [0.2, 0.25) is 0 Å². The molecule has 0 amide bonds. The minimum Gasteiger partial charge on any atom is -0.456 e. The predicted molar refractivity (Wildman–Crippen MR) is 159 cm³/mol. The quantitative estimate of drug-likeness (QED) is 0.198. The average Bonchev–Trinajstić information content (AvgIpc) is 3.25. The summed E-state index contributed by atoms with van der Waals surface area (Å²) in [7, 11) is 0. The van der Waals surface area contributed by atoms with E-state index in [4.69, 9.17) is 9.47 Å². The first kappa shape index (κ1) is 31.1. The molecule has 0 aliphatic heterocycles. The molecule has 0 bridgehead atoms. The summed E-state index contributed by atoms with van der Waals surface area (Å²) in [5.41, 5.74) is 1.40. The second kappa shape index (κ2) is 13.0. The van der Waals surface area contributed by atoms with Gasteiger partial charge in [0.15, 0.2) is 0 Å². The maximum absolute atomic E-state index is 11.8. The van der Waals surface area contributed by atoms with Gasteiger partial charge in [-0.15, -0.1) is 0 Å². The lowest BCUT2D eigenvalue weighted by Gasteiger charge is -2.61. The van der Waals surface area contributed by atoms with Crippen LogP contribution in [0.4, 0.5) is 0 Å². The summed E-state index contributed by atoms with van der Waals surface area (Å²) >= 11 is 0. The van der Waals surface area contributed by atoms with Gasteiger partial charge in [-0.3, -0.25) is 0 Å². The number of hydrogen-bond acceptors (Lipinski definition) is 4. The molecule has 0 spiro atoms. The predicted octanol–water partition coefficient (Wildman–Crippen LogP) is 8.36. The van der Waals surface area contributed by atoms with Crippen LogP contribution < -0.4 is 0 Å². The van der Waals surface area contributed by atoms with Gasteiger partial charge >= 0.3 is 5.97 Å². The highest BCUT2D eigenvalue weighted by Crippen LogP contribution is 2.68. The highest BCUT2D eigenvalue weighted by molar-refractivity contribution is 5.87. The van der Waals surface area contributed by atoms with E-state index in [0.29, 0.717) is 35.5 Å². The molecule has 1 N–H and O–H groups in total. The Bertz CT molecular complexity index is 837. The summed E-state index contributed by atoms with van der Waals surface area (Å²) in [6, 6.07) is 0. The van der Waals surface area contributed by atoms with Gasteiger partial charge in [0.25, 0.3) is 0 Å². The molecule has 4 aliphatic rings. The minimum atomic E-state index is -0.511. The number of hydrogen-bond donors (Lipinski definition) is 1. The molecule has 0 aromatic rings. The summed E-state index contributed by atoms with van der Waals surface area (Å²) in [6.07, 6.45) is 16.8. The number of fused-ring (bicyclic) bond motifs is 5. The van der Waals surface area contributed by atoms with Gasteiger partial charge in [-0.05, 0) is 117 Å². The highest BCUT2D eigenvalue weighted by Gasteiger charge is 2.60. The third kappa shape index (κ3) is 6.63. The first-order chi connectivity index (χ1) is 18.5. The second-order valence-corrected chi connectivity index (χ2v) is 15.2. The summed E-state index contributed by atoms with van der Waals surface area (Å²) in [5.74, 6) is 5.75. The highest BCUT2D eigenvalue weighted by atomic mass is 16.6. The van der Waals surface area contributed by atoms with Crippen LogP contribution in [0.2, 0.25) is 0 Å². The third-order valence-corrected chi connectivity index (χ3v) is 12.4. The molecule has 224 valence electrons. The molecular weight excluding hydrogens is 484 g/mol. The number of carbonyl (C=O) groups excluding carboxylic acids is 1. The second-order valence-electron chi connectivity index (χ2n) is 15.2. The van der Waals surface area contributed by atoms with Gasteiger partial charge in [0.05, 0.1) is 19.3 Å². The van der Waals surface area contributed by atoms with Crippen LogP contribution in [-0.4, -0.2) is 36.5 Å². The summed E-state index contributed by atoms with van der Waals surface area (Å²) in [6.45, 7) is 18.3. The first-order valence-corrected chi connectivity index (χ1v) is 16.6. The van der Waals surface area contributed by atoms with Crippen LogP contribution in [0, 0.1) is 52.3 Å². The van der Waals surface area contributed by atoms with E-state index in [1.54, 1.807) is 6.92 Å². The maximum Gasteiger partial charge on any atom is 0.333 e. The van der Waals surface area contributed by atoms with Crippen molar-refractivity contribution in [2.45, 2.75) is 137 Å². The molecule has 2 unspecified atom stereocenters. The van der Waals surface area contributed by atoms with Crippen LogP contribution in [0.3, 0.4) is 0 Å². The standard InChI is InChI=1S/C35H60O4/c1-23(2)9-8-10-25(5)30-13-14-31-29-12-11-26-21-27(38-20-17-28(22-36)39-33(37)24(3)4)15-18-34(26,6)32(29)16-19-35(30,31)7/h23,25-32,36H,3,8-22H2,1-2,4-7H3/t25-,26+,27+,28?,29+,30?,31+,32+,34+,35-/m1/s1. The molecule has 4 fully saturated rings. The number of esters is 1. The van der Waals surface area contributed by atoms with E-state index in [0.717, 1.165) is 47.8 Å². The van der Waals surface area contributed by atoms with E-state index in [2.05, 4.69) is 41.2 Å². The summed E-state index contributed by atoms with van der Waals surface area (Å²) in [4.78, 5) is 11.8. The lowest BCUT2D eigenvalue weighted by molar-refractivity contribution is -0.149. The number of ether oxygens (including phenoxy) is 2. The molecule has 0 heterocycles. The summed E-state index contributed by atoms with van der Waals surface area (Å²) in [5, 5.41) is 9.62. The molecule has 0 aromatic carbocycles. The van der Waals surface area contributed by atoms with Gasteiger partial charge in [-0.1, -0.05) is 60.5 Å². The Labute approximate surface area is 240 Å². The number of carbonyl (C=O) groups is 1. The molecule has 4 saturated carbocycles. The molecule has 4 rings (SSSR count). The van der Waals surface area contributed by atoms with E-state index in [9.17, 15) is 9.90 Å². The third-order valence-electron chi connectivity index (χ3n) is 12.4. The average molecular weight is 545 g/mol. The lowest BCUT2D eigenvalue weighted by atomic mass is 9.44. The minimum absolute atomic E-state index is 0.172. The topological polar surface area (TPSA) is 55.8 Å². The fourth-order valence-corrected chi connectivity index (χ4v) is 10.2. The van der Waals surface area contributed by atoms with Crippen LogP contribution in [-0.2, 0) is 14.3 Å². The SMILES string of the molecule is C=C(C)C(=O)OC(CO)CCO[C@H]1CC[C@@]2(C)[C@@H](CC[C@@H]3[C@@H]2CC[C@]2(C)C([C@H](C)CCCC(C)C)CC[C@@H]32)C1. The zero-order valence-corrected chi connectivity index (χ0v) is 26.2. The first-order valence-electron chi connectivity index (χ1n) is 16.6. The van der Waals surface area contributed by atoms with Crippen molar-refractivity contribution in [1.29, 1.82) is 0 Å². The Kier molecular flexibility index (Phi) is 10.3. The lowest BCUT2D eigenvalue weighted by Crippen LogP contribution is -2.54. The fourth-order valence-electron chi connectivity index (χ4n) is 10.2. The van der Waals surface area contributed by atoms with Gasteiger partial charge in [-0.25, -0.2) is 4.79 Å². The fraction of sp³-hybridized carbons (Fsp3) is 0.914. The number of rotatable bonds is 12. The molecule has 4 aliphatic carbocycles. The molecule has 39 heavy (non-hydrogen) atoms. The maximum atomic E-state index is 11.8. The van der Waals surface area contributed by atoms with Crippen molar-refractivity contribution in [2.24, 2.45) is 52.3 Å². The van der Waals surface area contributed by atoms with Crippen molar-refractivity contribution in [3.8, 4) is 0 Å². The molecule has 4 heteroatoms. The van der Waals surface area contributed by atoms with Crippen LogP contribution in [0.25, 0.3) is 0 Å². The van der Waals surface area contributed by atoms with E-state index >= 15 is 0 Å². The van der Waals surface area contributed by atoms with E-state index in [1.807, 2.05) is 0 Å². The zero-order chi connectivity index (χ0) is 28.4. The van der Waals surface area contributed by atoms with E-state index < -0.39 is 12.1 Å². The largest absolute Gasteiger partial charge is 0.456 e. The van der Waals surface area contributed by atoms with Crippen molar-refractivity contribution in [2.75, 3.05) is 13.2 Å². The van der Waals surface area contributed by atoms with E-state index in [-0.39, 0.29) is 6.61 Å². The Hall–Kier alpha value is -0.870. The van der Waals surface area contributed by atoms with Crippen LogP contribution in [0.5, 0.6) is 0 Å². The number of aliphatic hydroxyl groups is 1. The Morgan fingerprint density at radius 3 is 2.36 bits per heavy atom. The van der Waals surface area contributed by atoms with Crippen LogP contribution in [0.1, 0.15) is 125 Å². The normalized spacial score (nSPS) is 39.4. The van der Waals surface area contributed by atoms with Crippen molar-refractivity contribution in [3.63, 3.8) is 0 Å². The Morgan fingerprint density at radius 2 is 1.67 bits per heavy atom. The number of aliphatic hydroxyl groups excluding tert-OH is 1. The van der Waals surface area contributed by atoms with Crippen LogP contribution in [0.15, 0.2) is 12.2 Å². The summed E-state index contributed by atoms with van der Waals surface area (Å²) < 4.78 is 11.7. The van der Waals surface area contributed by atoms with Crippen molar-refractivity contribution >= 4 is 5.97 Å². The van der Waals surface area contributed by atoms with Gasteiger partial charge in [-0.2, -0.15) is 0 Å². The smallest absolute Gasteiger partial charge is 0.333 e. The molecule has 0 saturated heterocycles. The van der Waals surface area contributed by atoms with Gasteiger partial charge in [0, 0.05) is 12.0 Å². The molecular formula is C35H60O4. The Balaban J connectivity index is 1.30. The molecule has 10 atom stereocenters. The molecule has 4 nitrogen and oxygen atoms in total. The zero-order valence-electron chi connectivity index (χ0n) is 26.2. The van der Waals surface area contributed by atoms with Crippen molar-refractivity contribution in [1.82, 2.24) is 0 Å². The van der Waals surface area contributed by atoms with Crippen LogP contribution >= 0.6 is 0 Å². The molecule has 0 radical (unpaired) electrons. The Morgan fingerprint density at radius 1 is 0.949 bits per heavy atom.